The summed E-state index contributed by atoms with van der Waals surface area (Å²) in [6, 6.07) is 5.34. The predicted molar refractivity (Wildman–Crippen MR) is 112 cm³/mol. The van der Waals surface area contributed by atoms with E-state index in [9.17, 15) is 31.1 Å². The second kappa shape index (κ2) is 7.85. The van der Waals surface area contributed by atoms with Crippen molar-refractivity contribution in [2.75, 3.05) is 6.54 Å². The van der Waals surface area contributed by atoms with Gasteiger partial charge in [0.2, 0.25) is 0 Å². The third-order valence-corrected chi connectivity index (χ3v) is 6.16. The first-order valence-electron chi connectivity index (χ1n) is 10.5. The summed E-state index contributed by atoms with van der Waals surface area (Å²) >= 11 is 0. The predicted octanol–water partition coefficient (Wildman–Crippen LogP) is 4.93. The molecule has 0 radical (unpaired) electrons. The first kappa shape index (κ1) is 22.9. The Labute approximate surface area is 194 Å². The Hall–Kier alpha value is -3.83. The molecule has 6 nitrogen and oxygen atoms in total. The first-order valence-corrected chi connectivity index (χ1v) is 10.5. The van der Waals surface area contributed by atoms with E-state index in [0.29, 0.717) is 17.0 Å². The monoisotopic (exact) mass is 493 g/mol. The number of carbonyl (C=O) groups is 1. The summed E-state index contributed by atoms with van der Waals surface area (Å²) in [6.07, 6.45) is -3.36. The van der Waals surface area contributed by atoms with Gasteiger partial charge >= 0.3 is 6.18 Å². The standard InChI is InChI=1S/C23H17F6N5O/c1-11-18-13(19(32(2)31-18)12-9-14(24)17(26)15(25)10-12)6-8-33(11)22(35)20-21(23(27,28)29)30-16-5-3-4-7-34(16)20/h3-5,7,9-11H,6,8H2,1-2H3/t11-/m0/s1. The Morgan fingerprint density at radius 1 is 1.11 bits per heavy atom. The van der Waals surface area contributed by atoms with Crippen molar-refractivity contribution in [2.24, 2.45) is 7.05 Å². The Morgan fingerprint density at radius 2 is 1.80 bits per heavy atom. The Bertz CT molecular complexity index is 1460. The minimum Gasteiger partial charge on any atom is -0.329 e. The molecule has 5 rings (SSSR count). The fraction of sp³-hybridized carbons (Fsp3) is 0.261. The number of aryl methyl sites for hydroxylation is 1. The molecule has 0 saturated heterocycles. The molecule has 0 unspecified atom stereocenters. The summed E-state index contributed by atoms with van der Waals surface area (Å²) in [5, 5.41) is 4.38. The van der Waals surface area contributed by atoms with E-state index in [1.165, 1.54) is 41.0 Å². The number of benzene rings is 1. The van der Waals surface area contributed by atoms with Crippen molar-refractivity contribution >= 4 is 11.6 Å². The Kier molecular flexibility index (Phi) is 5.15. The van der Waals surface area contributed by atoms with E-state index in [1.807, 2.05) is 0 Å². The van der Waals surface area contributed by atoms with Crippen molar-refractivity contribution < 1.29 is 31.1 Å². The third-order valence-electron chi connectivity index (χ3n) is 6.16. The zero-order chi connectivity index (χ0) is 25.2. The van der Waals surface area contributed by atoms with Crippen LogP contribution < -0.4 is 0 Å². The van der Waals surface area contributed by atoms with Crippen LogP contribution in [0, 0.1) is 17.5 Å². The van der Waals surface area contributed by atoms with Gasteiger partial charge in [-0.05, 0) is 37.6 Å². The number of halogens is 6. The third kappa shape index (κ3) is 3.55. The number of aromatic nitrogens is 4. The first-order chi connectivity index (χ1) is 16.5. The van der Waals surface area contributed by atoms with Crippen molar-refractivity contribution in [3.63, 3.8) is 0 Å². The van der Waals surface area contributed by atoms with Gasteiger partial charge in [0.05, 0.1) is 17.4 Å². The Balaban J connectivity index is 1.58. The average Bonchev–Trinajstić information content (AvgIpc) is 3.35. The fourth-order valence-electron chi connectivity index (χ4n) is 4.61. The number of carbonyl (C=O) groups excluding carboxylic acids is 1. The van der Waals surface area contributed by atoms with Crippen LogP contribution >= 0.6 is 0 Å². The highest BCUT2D eigenvalue weighted by Crippen LogP contribution is 2.38. The molecule has 1 atom stereocenters. The van der Waals surface area contributed by atoms with Crippen molar-refractivity contribution in [1.29, 1.82) is 0 Å². The van der Waals surface area contributed by atoms with Crippen LogP contribution in [0.1, 0.15) is 40.4 Å². The van der Waals surface area contributed by atoms with E-state index in [4.69, 9.17) is 0 Å². The molecule has 35 heavy (non-hydrogen) atoms. The minimum absolute atomic E-state index is 0.0194. The molecular formula is C23H17F6N5O. The number of nitrogens with zero attached hydrogens (tertiary/aromatic N) is 5. The average molecular weight is 493 g/mol. The summed E-state index contributed by atoms with van der Waals surface area (Å²) in [5.74, 6) is -5.19. The van der Waals surface area contributed by atoms with Gasteiger partial charge < -0.3 is 4.90 Å². The molecule has 3 aromatic heterocycles. The number of fused-ring (bicyclic) bond motifs is 2. The van der Waals surface area contributed by atoms with Crippen LogP contribution in [-0.4, -0.2) is 36.5 Å². The van der Waals surface area contributed by atoms with Gasteiger partial charge in [0.1, 0.15) is 11.3 Å². The number of pyridine rings is 1. The number of imidazole rings is 1. The van der Waals surface area contributed by atoms with Crippen LogP contribution in [0.15, 0.2) is 36.5 Å². The van der Waals surface area contributed by atoms with Crippen molar-refractivity contribution in [1.82, 2.24) is 24.1 Å². The zero-order valence-electron chi connectivity index (χ0n) is 18.4. The smallest absolute Gasteiger partial charge is 0.329 e. The molecule has 0 N–H and O–H groups in total. The van der Waals surface area contributed by atoms with Crippen LogP contribution in [0.5, 0.6) is 0 Å². The lowest BCUT2D eigenvalue weighted by Gasteiger charge is -2.33. The van der Waals surface area contributed by atoms with Crippen LogP contribution in [0.2, 0.25) is 0 Å². The molecular weight excluding hydrogens is 476 g/mol. The van der Waals surface area contributed by atoms with E-state index in [2.05, 4.69) is 10.1 Å². The van der Waals surface area contributed by atoms with Gasteiger partial charge in [-0.15, -0.1) is 0 Å². The van der Waals surface area contributed by atoms with Crippen LogP contribution in [0.25, 0.3) is 16.9 Å². The number of hydrogen-bond acceptors (Lipinski definition) is 3. The largest absolute Gasteiger partial charge is 0.435 e. The fourth-order valence-corrected chi connectivity index (χ4v) is 4.61. The maximum atomic E-state index is 13.9. The van der Waals surface area contributed by atoms with Crippen molar-refractivity contribution in [2.45, 2.75) is 25.6 Å². The normalized spacial score (nSPS) is 16.1. The van der Waals surface area contributed by atoms with Crippen molar-refractivity contribution in [3.8, 4) is 11.3 Å². The second-order valence-electron chi connectivity index (χ2n) is 8.25. The van der Waals surface area contributed by atoms with Gasteiger partial charge in [-0.1, -0.05) is 6.07 Å². The summed E-state index contributed by atoms with van der Waals surface area (Å²) in [7, 11) is 1.53. The molecule has 1 aliphatic heterocycles. The quantitative estimate of drug-likeness (QED) is 0.294. The van der Waals surface area contributed by atoms with Gasteiger partial charge in [-0.25, -0.2) is 18.2 Å². The highest BCUT2D eigenvalue weighted by Gasteiger charge is 2.43. The van der Waals surface area contributed by atoms with E-state index < -0.39 is 47.0 Å². The van der Waals surface area contributed by atoms with Gasteiger partial charge in [0.15, 0.2) is 23.1 Å². The molecule has 0 aliphatic carbocycles. The molecule has 0 spiro atoms. The van der Waals surface area contributed by atoms with Crippen LogP contribution in [0.3, 0.4) is 0 Å². The Morgan fingerprint density at radius 3 is 2.46 bits per heavy atom. The zero-order valence-corrected chi connectivity index (χ0v) is 18.4. The molecule has 182 valence electrons. The van der Waals surface area contributed by atoms with Gasteiger partial charge in [0.25, 0.3) is 5.91 Å². The van der Waals surface area contributed by atoms with Crippen LogP contribution in [0.4, 0.5) is 26.3 Å². The maximum Gasteiger partial charge on any atom is 0.435 e. The summed E-state index contributed by atoms with van der Waals surface area (Å²) in [4.78, 5) is 18.3. The maximum absolute atomic E-state index is 13.9. The number of rotatable bonds is 2. The van der Waals surface area contributed by atoms with E-state index >= 15 is 0 Å². The molecule has 1 aliphatic rings. The molecule has 0 fully saturated rings. The molecule has 0 saturated carbocycles. The number of alkyl halides is 3. The van der Waals surface area contributed by atoms with E-state index in [1.54, 1.807) is 6.92 Å². The van der Waals surface area contributed by atoms with E-state index in [0.717, 1.165) is 16.5 Å². The molecule has 4 heterocycles. The lowest BCUT2D eigenvalue weighted by atomic mass is 9.95. The topological polar surface area (TPSA) is 55.4 Å². The molecule has 12 heteroatoms. The van der Waals surface area contributed by atoms with Gasteiger partial charge in [0, 0.05) is 30.9 Å². The SMILES string of the molecule is C[C@H]1c2nn(C)c(-c3cc(F)c(F)c(F)c3)c2CCN1C(=O)c1c(C(F)(F)F)nc2ccccn12. The summed E-state index contributed by atoms with van der Waals surface area (Å²) < 4.78 is 84.8. The minimum atomic E-state index is -4.85. The molecule has 1 amide bonds. The van der Waals surface area contributed by atoms with Crippen molar-refractivity contribution in [3.05, 3.63) is 76.6 Å². The van der Waals surface area contributed by atoms with Gasteiger partial charge in [-0.2, -0.15) is 18.3 Å². The summed E-state index contributed by atoms with van der Waals surface area (Å²) in [5.41, 5.74) is -0.575. The highest BCUT2D eigenvalue weighted by molar-refractivity contribution is 5.95. The van der Waals surface area contributed by atoms with E-state index in [-0.39, 0.29) is 24.2 Å². The lowest BCUT2D eigenvalue weighted by molar-refractivity contribution is -0.141. The number of amides is 1. The molecule has 1 aromatic carbocycles. The number of hydrogen-bond donors (Lipinski definition) is 0. The van der Waals surface area contributed by atoms with Gasteiger partial charge in [-0.3, -0.25) is 13.9 Å². The highest BCUT2D eigenvalue weighted by atomic mass is 19.4. The lowest BCUT2D eigenvalue weighted by Crippen LogP contribution is -2.40. The second-order valence-corrected chi connectivity index (χ2v) is 8.25. The molecule has 0 bridgehead atoms. The van der Waals surface area contributed by atoms with Crippen LogP contribution in [-0.2, 0) is 19.6 Å². The molecule has 4 aromatic rings. The summed E-state index contributed by atoms with van der Waals surface area (Å²) in [6.45, 7) is 1.63.